The Morgan fingerprint density at radius 1 is 1.17 bits per heavy atom. The Morgan fingerprint density at radius 2 is 1.87 bits per heavy atom. The third-order valence-corrected chi connectivity index (χ3v) is 4.31. The summed E-state index contributed by atoms with van der Waals surface area (Å²) >= 11 is 4.92. The molecule has 2 aromatic rings. The summed E-state index contributed by atoms with van der Waals surface area (Å²) in [5.74, 6) is -0.897. The maximum Gasteiger partial charge on any atom is 0.338 e. The highest BCUT2D eigenvalue weighted by atomic mass is 79.9. The minimum absolute atomic E-state index is 0.378. The van der Waals surface area contributed by atoms with Crippen LogP contribution in [0.2, 0.25) is 0 Å². The monoisotopic (exact) mass is 393 g/mol. The van der Waals surface area contributed by atoms with Crippen molar-refractivity contribution in [3.8, 4) is 0 Å². The van der Waals surface area contributed by atoms with Gasteiger partial charge in [-0.05, 0) is 55.6 Å². The van der Waals surface area contributed by atoms with Crippen molar-refractivity contribution < 1.29 is 14.3 Å². The third kappa shape index (κ3) is 5.11. The average molecular weight is 394 g/mol. The van der Waals surface area contributed by atoms with Crippen LogP contribution < -0.4 is 5.32 Å². The van der Waals surface area contributed by atoms with Crippen LogP contribution in [0.15, 0.2) is 57.9 Å². The smallest absolute Gasteiger partial charge is 0.338 e. The van der Waals surface area contributed by atoms with Crippen LogP contribution in [-0.4, -0.2) is 24.2 Å². The van der Waals surface area contributed by atoms with Gasteiger partial charge in [0.2, 0.25) is 0 Å². The Morgan fingerprint density at radius 3 is 2.48 bits per heavy atom. The van der Waals surface area contributed by atoms with E-state index in [4.69, 9.17) is 4.74 Å². The summed E-state index contributed by atoms with van der Waals surface area (Å²) in [4.78, 5) is 25.2. The molecule has 0 aromatic heterocycles. The van der Waals surface area contributed by atoms with Gasteiger partial charge in [-0.2, -0.15) is 0 Å². The number of carbonyl (C=O) groups excluding carboxylic acids is 2. The van der Waals surface area contributed by atoms with Crippen LogP contribution in [0.4, 0.5) is 5.69 Å². The van der Waals surface area contributed by atoms with Gasteiger partial charge in [0.1, 0.15) is 0 Å². The number of ether oxygens (including phenoxy) is 1. The van der Waals surface area contributed by atoms with Gasteiger partial charge in [-0.25, -0.2) is 4.79 Å². The van der Waals surface area contributed by atoms with E-state index in [2.05, 4.69) is 21.2 Å². The summed E-state index contributed by atoms with van der Waals surface area (Å²) in [5.41, 5.74) is 1.06. The fourth-order valence-corrected chi connectivity index (χ4v) is 2.63. The standard InChI is InChI=1S/C17H16BrNO3S/c1-11(16(20)19-14-5-3-4-13(18)10-14)22-17(21)12-6-8-15(23-2)9-7-12/h3-11H,1-2H3,(H,19,20)/t11-/m1/s1. The first kappa shape index (κ1) is 17.6. The molecule has 0 spiro atoms. The zero-order valence-corrected chi connectivity index (χ0v) is 15.1. The van der Waals surface area contributed by atoms with Crippen molar-refractivity contribution in [1.29, 1.82) is 0 Å². The van der Waals surface area contributed by atoms with E-state index in [9.17, 15) is 9.59 Å². The van der Waals surface area contributed by atoms with Crippen LogP contribution in [0, 0.1) is 0 Å². The van der Waals surface area contributed by atoms with E-state index >= 15 is 0 Å². The van der Waals surface area contributed by atoms with Gasteiger partial charge in [-0.1, -0.05) is 22.0 Å². The van der Waals surface area contributed by atoms with Crippen molar-refractivity contribution in [3.05, 3.63) is 58.6 Å². The molecule has 0 bridgehead atoms. The summed E-state index contributed by atoms with van der Waals surface area (Å²) in [6.07, 6.45) is 1.07. The molecule has 0 aliphatic heterocycles. The average Bonchev–Trinajstić information content (AvgIpc) is 2.54. The lowest BCUT2D eigenvalue weighted by Crippen LogP contribution is -2.30. The molecule has 0 radical (unpaired) electrons. The van der Waals surface area contributed by atoms with Gasteiger partial charge >= 0.3 is 5.97 Å². The normalized spacial score (nSPS) is 11.6. The molecule has 2 rings (SSSR count). The number of amides is 1. The van der Waals surface area contributed by atoms with E-state index in [1.54, 1.807) is 43.0 Å². The lowest BCUT2D eigenvalue weighted by molar-refractivity contribution is -0.123. The van der Waals surface area contributed by atoms with Gasteiger partial charge in [0, 0.05) is 15.1 Å². The number of rotatable bonds is 5. The zero-order valence-electron chi connectivity index (χ0n) is 12.7. The fraction of sp³-hybridized carbons (Fsp3) is 0.176. The highest BCUT2D eigenvalue weighted by Crippen LogP contribution is 2.17. The molecular weight excluding hydrogens is 378 g/mol. The van der Waals surface area contributed by atoms with E-state index in [1.807, 2.05) is 30.5 Å². The second-order valence-electron chi connectivity index (χ2n) is 4.78. The summed E-state index contributed by atoms with van der Waals surface area (Å²) in [5, 5.41) is 2.71. The second-order valence-corrected chi connectivity index (χ2v) is 6.57. The molecule has 4 nitrogen and oxygen atoms in total. The predicted molar refractivity (Wildman–Crippen MR) is 95.9 cm³/mol. The van der Waals surface area contributed by atoms with Gasteiger partial charge < -0.3 is 10.1 Å². The molecule has 1 amide bonds. The van der Waals surface area contributed by atoms with Crippen LogP contribution in [0.1, 0.15) is 17.3 Å². The van der Waals surface area contributed by atoms with Crippen LogP contribution in [0.5, 0.6) is 0 Å². The molecule has 0 unspecified atom stereocenters. The van der Waals surface area contributed by atoms with Crippen molar-refractivity contribution in [2.45, 2.75) is 17.9 Å². The molecule has 0 heterocycles. The number of carbonyl (C=O) groups is 2. The molecule has 0 fully saturated rings. The Bertz CT molecular complexity index is 703. The summed E-state index contributed by atoms with van der Waals surface area (Å²) < 4.78 is 6.06. The van der Waals surface area contributed by atoms with Gasteiger partial charge in [-0.15, -0.1) is 11.8 Å². The minimum Gasteiger partial charge on any atom is -0.449 e. The lowest BCUT2D eigenvalue weighted by Gasteiger charge is -2.14. The molecule has 0 saturated carbocycles. The van der Waals surface area contributed by atoms with Crippen LogP contribution in [0.3, 0.4) is 0 Å². The molecule has 2 aromatic carbocycles. The van der Waals surface area contributed by atoms with E-state index in [-0.39, 0.29) is 5.91 Å². The first-order chi connectivity index (χ1) is 11.0. The van der Waals surface area contributed by atoms with E-state index in [0.29, 0.717) is 11.3 Å². The van der Waals surface area contributed by atoms with E-state index in [1.165, 1.54) is 0 Å². The van der Waals surface area contributed by atoms with Gasteiger partial charge in [-0.3, -0.25) is 4.79 Å². The van der Waals surface area contributed by atoms with Crippen LogP contribution in [0.25, 0.3) is 0 Å². The number of hydrogen-bond acceptors (Lipinski definition) is 4. The quantitative estimate of drug-likeness (QED) is 0.605. The van der Waals surface area contributed by atoms with Crippen molar-refractivity contribution in [1.82, 2.24) is 0 Å². The third-order valence-electron chi connectivity index (χ3n) is 3.07. The highest BCUT2D eigenvalue weighted by Gasteiger charge is 2.19. The number of esters is 1. The van der Waals surface area contributed by atoms with Crippen LogP contribution in [-0.2, 0) is 9.53 Å². The van der Waals surface area contributed by atoms with E-state index in [0.717, 1.165) is 9.37 Å². The molecular formula is C17H16BrNO3S. The highest BCUT2D eigenvalue weighted by molar-refractivity contribution is 9.10. The largest absolute Gasteiger partial charge is 0.449 e. The Labute approximate surface area is 147 Å². The number of anilines is 1. The van der Waals surface area contributed by atoms with E-state index < -0.39 is 12.1 Å². The maximum atomic E-state index is 12.1. The van der Waals surface area contributed by atoms with Crippen molar-refractivity contribution in [3.63, 3.8) is 0 Å². The fourth-order valence-electron chi connectivity index (χ4n) is 1.82. The number of halogens is 1. The topological polar surface area (TPSA) is 55.4 Å². The van der Waals surface area contributed by atoms with Crippen molar-refractivity contribution in [2.75, 3.05) is 11.6 Å². The van der Waals surface area contributed by atoms with Gasteiger partial charge in [0.05, 0.1) is 5.56 Å². The number of thioether (sulfide) groups is 1. The minimum atomic E-state index is -0.887. The Hall–Kier alpha value is -1.79. The molecule has 0 aliphatic rings. The molecule has 0 aliphatic carbocycles. The SMILES string of the molecule is CSc1ccc(C(=O)O[C@H](C)C(=O)Nc2cccc(Br)c2)cc1. The molecule has 0 saturated heterocycles. The number of benzene rings is 2. The zero-order chi connectivity index (χ0) is 16.8. The summed E-state index contributed by atoms with van der Waals surface area (Å²) in [7, 11) is 0. The molecule has 23 heavy (non-hydrogen) atoms. The van der Waals surface area contributed by atoms with Crippen molar-refractivity contribution >= 4 is 45.3 Å². The molecule has 6 heteroatoms. The Kier molecular flexibility index (Phi) is 6.24. The first-order valence-electron chi connectivity index (χ1n) is 6.91. The first-order valence-corrected chi connectivity index (χ1v) is 8.93. The molecule has 1 N–H and O–H groups in total. The summed E-state index contributed by atoms with van der Waals surface area (Å²) in [6, 6.07) is 14.3. The Balaban J connectivity index is 1.95. The number of nitrogens with one attached hydrogen (secondary N) is 1. The molecule has 1 atom stereocenters. The number of hydrogen-bond donors (Lipinski definition) is 1. The second kappa shape index (κ2) is 8.17. The summed E-state index contributed by atoms with van der Waals surface area (Å²) in [6.45, 7) is 1.54. The van der Waals surface area contributed by atoms with Gasteiger partial charge in [0.15, 0.2) is 6.10 Å². The van der Waals surface area contributed by atoms with Gasteiger partial charge in [0.25, 0.3) is 5.91 Å². The lowest BCUT2D eigenvalue weighted by atomic mass is 10.2. The molecule has 120 valence electrons. The van der Waals surface area contributed by atoms with Crippen LogP contribution >= 0.6 is 27.7 Å². The predicted octanol–water partition coefficient (Wildman–Crippen LogP) is 4.36. The maximum absolute atomic E-state index is 12.1. The van der Waals surface area contributed by atoms with Crippen molar-refractivity contribution in [2.24, 2.45) is 0 Å².